The lowest BCUT2D eigenvalue weighted by atomic mass is 10.0. The van der Waals surface area contributed by atoms with Gasteiger partial charge in [-0.25, -0.2) is 0 Å². The number of nitrogens with one attached hydrogen (secondary N) is 1. The smallest absolute Gasteiger partial charge is 0.244 e. The first kappa shape index (κ1) is 18.9. The first-order valence-corrected chi connectivity index (χ1v) is 7.05. The Hall–Kier alpha value is -1.14. The van der Waals surface area contributed by atoms with Crippen molar-refractivity contribution in [1.82, 2.24) is 10.2 Å². The highest BCUT2D eigenvalue weighted by molar-refractivity contribution is 5.89. The molecule has 2 atom stereocenters. The molecule has 2 amide bonds. The number of ether oxygens (including phenoxy) is 1. The van der Waals surface area contributed by atoms with Crippen molar-refractivity contribution in [3.05, 3.63) is 0 Å². The Bertz CT molecular complexity index is 306. The fourth-order valence-corrected chi connectivity index (χ4v) is 1.86. The molecule has 0 radical (unpaired) electrons. The molecule has 2 unspecified atom stereocenters. The first-order valence-electron chi connectivity index (χ1n) is 7.05. The van der Waals surface area contributed by atoms with Crippen molar-refractivity contribution in [3.63, 3.8) is 0 Å². The van der Waals surface area contributed by atoms with Crippen LogP contribution in [0.4, 0.5) is 0 Å². The lowest BCUT2D eigenvalue weighted by Crippen LogP contribution is -2.51. The fraction of sp³-hybridized carbons (Fsp3) is 0.857. The van der Waals surface area contributed by atoms with Crippen LogP contribution < -0.4 is 11.1 Å². The van der Waals surface area contributed by atoms with E-state index in [-0.39, 0.29) is 11.8 Å². The molecule has 0 aliphatic rings. The topological polar surface area (TPSA) is 84.7 Å². The number of nitrogens with zero attached hydrogens (tertiary/aromatic N) is 1. The Kier molecular flexibility index (Phi) is 9.16. The molecule has 118 valence electrons. The highest BCUT2D eigenvalue weighted by Crippen LogP contribution is 2.07. The van der Waals surface area contributed by atoms with Gasteiger partial charge >= 0.3 is 0 Å². The van der Waals surface area contributed by atoms with Gasteiger partial charge < -0.3 is 20.7 Å². The van der Waals surface area contributed by atoms with Crippen molar-refractivity contribution in [2.75, 3.05) is 27.8 Å². The Balaban J connectivity index is 4.48. The van der Waals surface area contributed by atoms with Gasteiger partial charge in [-0.1, -0.05) is 13.8 Å². The molecule has 0 spiro atoms. The maximum Gasteiger partial charge on any atom is 0.244 e. The van der Waals surface area contributed by atoms with E-state index < -0.39 is 12.1 Å². The third kappa shape index (κ3) is 7.45. The molecule has 0 aromatic heterocycles. The van der Waals surface area contributed by atoms with Crippen LogP contribution >= 0.6 is 0 Å². The monoisotopic (exact) mass is 287 g/mol. The van der Waals surface area contributed by atoms with E-state index in [9.17, 15) is 9.59 Å². The summed E-state index contributed by atoms with van der Waals surface area (Å²) >= 11 is 0. The summed E-state index contributed by atoms with van der Waals surface area (Å²) in [7, 11) is 4.97. The molecule has 0 fully saturated rings. The van der Waals surface area contributed by atoms with E-state index in [0.717, 1.165) is 6.42 Å². The lowest BCUT2D eigenvalue weighted by molar-refractivity contribution is -0.135. The van der Waals surface area contributed by atoms with Crippen LogP contribution in [0.1, 0.15) is 33.1 Å². The van der Waals surface area contributed by atoms with Crippen LogP contribution in [0.5, 0.6) is 0 Å². The molecule has 6 nitrogen and oxygen atoms in total. The highest BCUT2D eigenvalue weighted by Gasteiger charge is 2.25. The SMILES string of the molecule is COCCCC(N)C(=O)NC(CC(C)C)C(=O)N(C)C. The zero-order valence-electron chi connectivity index (χ0n) is 13.3. The summed E-state index contributed by atoms with van der Waals surface area (Å²) in [5, 5.41) is 2.76. The van der Waals surface area contributed by atoms with E-state index >= 15 is 0 Å². The number of hydrogen-bond acceptors (Lipinski definition) is 4. The van der Waals surface area contributed by atoms with Crippen LogP contribution in [0.2, 0.25) is 0 Å². The molecule has 0 aliphatic heterocycles. The van der Waals surface area contributed by atoms with Crippen molar-refractivity contribution in [1.29, 1.82) is 0 Å². The molecule has 0 aromatic carbocycles. The molecular formula is C14H29N3O3. The van der Waals surface area contributed by atoms with Crippen molar-refractivity contribution >= 4 is 11.8 Å². The summed E-state index contributed by atoms with van der Waals surface area (Å²) in [4.78, 5) is 25.5. The van der Waals surface area contributed by atoms with Gasteiger partial charge in [0.05, 0.1) is 6.04 Å². The standard InChI is InChI=1S/C14H29N3O3/c1-10(2)9-12(14(19)17(3)4)16-13(18)11(15)7-6-8-20-5/h10-12H,6-9,15H2,1-5H3,(H,16,18). The third-order valence-electron chi connectivity index (χ3n) is 2.96. The Morgan fingerprint density at radius 1 is 1.30 bits per heavy atom. The number of rotatable bonds is 9. The molecule has 3 N–H and O–H groups in total. The zero-order valence-corrected chi connectivity index (χ0v) is 13.3. The summed E-state index contributed by atoms with van der Waals surface area (Å²) in [5.74, 6) is -0.0630. The maximum absolute atomic E-state index is 12.0. The molecule has 6 heteroatoms. The number of likely N-dealkylation sites (N-methyl/N-ethyl adjacent to an activating group) is 1. The molecule has 0 saturated heterocycles. The number of carbonyl (C=O) groups is 2. The summed E-state index contributed by atoms with van der Waals surface area (Å²) in [5.41, 5.74) is 5.82. The maximum atomic E-state index is 12.0. The predicted molar refractivity (Wildman–Crippen MR) is 79.2 cm³/mol. The van der Waals surface area contributed by atoms with Gasteiger partial charge in [-0.2, -0.15) is 0 Å². The normalized spacial score (nSPS) is 13.9. The van der Waals surface area contributed by atoms with Gasteiger partial charge in [-0.3, -0.25) is 9.59 Å². The molecular weight excluding hydrogens is 258 g/mol. The predicted octanol–water partition coefficient (Wildman–Crippen LogP) is 0.359. The van der Waals surface area contributed by atoms with Crippen LogP contribution in [-0.4, -0.2) is 56.6 Å². The Morgan fingerprint density at radius 3 is 2.35 bits per heavy atom. The van der Waals surface area contributed by atoms with Crippen molar-refractivity contribution in [2.45, 2.75) is 45.2 Å². The van der Waals surface area contributed by atoms with Gasteiger partial charge in [0, 0.05) is 27.8 Å². The number of amides is 2. The zero-order chi connectivity index (χ0) is 15.7. The van der Waals surface area contributed by atoms with Gasteiger partial charge in [0.2, 0.25) is 11.8 Å². The largest absolute Gasteiger partial charge is 0.385 e. The van der Waals surface area contributed by atoms with Gasteiger partial charge in [0.25, 0.3) is 0 Å². The summed E-state index contributed by atoms with van der Waals surface area (Å²) in [6.45, 7) is 4.61. The summed E-state index contributed by atoms with van der Waals surface area (Å²) < 4.78 is 4.93. The fourth-order valence-electron chi connectivity index (χ4n) is 1.86. The minimum atomic E-state index is -0.602. The number of hydrogen-bond donors (Lipinski definition) is 2. The second-order valence-corrected chi connectivity index (χ2v) is 5.66. The van der Waals surface area contributed by atoms with Gasteiger partial charge in [-0.15, -0.1) is 0 Å². The van der Waals surface area contributed by atoms with Crippen LogP contribution in [-0.2, 0) is 14.3 Å². The molecule has 0 rings (SSSR count). The average Bonchev–Trinajstić information content (AvgIpc) is 2.36. The van der Waals surface area contributed by atoms with Crippen LogP contribution in [0.3, 0.4) is 0 Å². The van der Waals surface area contributed by atoms with Gasteiger partial charge in [0.15, 0.2) is 0 Å². The summed E-state index contributed by atoms with van der Waals surface area (Å²) in [6, 6.07) is -1.11. The first-order chi connectivity index (χ1) is 9.29. The molecule has 0 aromatic rings. The molecule has 20 heavy (non-hydrogen) atoms. The van der Waals surface area contributed by atoms with E-state index in [1.165, 1.54) is 4.90 Å². The van der Waals surface area contributed by atoms with E-state index in [1.54, 1.807) is 21.2 Å². The number of nitrogens with two attached hydrogens (primary N) is 1. The Labute approximate surface area is 122 Å². The van der Waals surface area contributed by atoms with E-state index in [1.807, 2.05) is 13.8 Å². The highest BCUT2D eigenvalue weighted by atomic mass is 16.5. The van der Waals surface area contributed by atoms with Gasteiger partial charge in [0.1, 0.15) is 6.04 Å². The molecule has 0 aliphatic carbocycles. The lowest BCUT2D eigenvalue weighted by Gasteiger charge is -2.24. The third-order valence-corrected chi connectivity index (χ3v) is 2.96. The molecule has 0 bridgehead atoms. The second-order valence-electron chi connectivity index (χ2n) is 5.66. The quantitative estimate of drug-likeness (QED) is 0.600. The molecule has 0 saturated carbocycles. The van der Waals surface area contributed by atoms with Gasteiger partial charge in [-0.05, 0) is 25.2 Å². The van der Waals surface area contributed by atoms with Crippen molar-refractivity contribution < 1.29 is 14.3 Å². The van der Waals surface area contributed by atoms with E-state index in [2.05, 4.69) is 5.32 Å². The van der Waals surface area contributed by atoms with Crippen LogP contribution in [0.25, 0.3) is 0 Å². The van der Waals surface area contributed by atoms with Crippen molar-refractivity contribution in [3.8, 4) is 0 Å². The Morgan fingerprint density at radius 2 is 1.90 bits per heavy atom. The summed E-state index contributed by atoms with van der Waals surface area (Å²) in [6.07, 6.45) is 1.87. The average molecular weight is 287 g/mol. The van der Waals surface area contributed by atoms with Crippen molar-refractivity contribution in [2.24, 2.45) is 11.7 Å². The number of carbonyl (C=O) groups excluding carboxylic acids is 2. The van der Waals surface area contributed by atoms with E-state index in [0.29, 0.717) is 25.4 Å². The van der Waals surface area contributed by atoms with Crippen LogP contribution in [0.15, 0.2) is 0 Å². The van der Waals surface area contributed by atoms with Crippen LogP contribution in [0, 0.1) is 5.92 Å². The number of methoxy groups -OCH3 is 1. The second kappa shape index (κ2) is 9.72. The van der Waals surface area contributed by atoms with E-state index in [4.69, 9.17) is 10.5 Å². The molecule has 0 heterocycles. The minimum Gasteiger partial charge on any atom is -0.385 e. The minimum absolute atomic E-state index is 0.101.